The number of aromatic nitrogens is 2. The Morgan fingerprint density at radius 3 is 2.62 bits per heavy atom. The van der Waals surface area contributed by atoms with Gasteiger partial charge in [-0.3, -0.25) is 4.79 Å². The second-order valence-electron chi connectivity index (χ2n) is 8.01. The van der Waals surface area contributed by atoms with Gasteiger partial charge in [-0.05, 0) is 47.9 Å². The number of sulfone groups is 1. The first kappa shape index (κ1) is 22.4. The number of hydrogen-bond acceptors (Lipinski definition) is 5. The van der Waals surface area contributed by atoms with Crippen LogP contribution in [0.1, 0.15) is 30.9 Å². The van der Waals surface area contributed by atoms with Crippen LogP contribution in [0.4, 0.5) is 0 Å². The molecule has 1 atom stereocenters. The molecule has 0 radical (unpaired) electrons. The normalized spacial score (nSPS) is 15.8. The molecule has 1 unspecified atom stereocenters. The number of carboxylic acids is 1. The minimum Gasteiger partial charge on any atom is -0.481 e. The number of carbonyl (C=O) groups is 1. The van der Waals surface area contributed by atoms with E-state index in [1.54, 1.807) is 6.07 Å². The third-order valence-electron chi connectivity index (χ3n) is 5.69. The highest BCUT2D eigenvalue weighted by Gasteiger charge is 2.27. The lowest BCUT2D eigenvalue weighted by Gasteiger charge is -2.23. The molecule has 0 bridgehead atoms. The monoisotopic (exact) mass is 468 g/mol. The van der Waals surface area contributed by atoms with Gasteiger partial charge in [-0.2, -0.15) is 0 Å². The van der Waals surface area contributed by atoms with Crippen LogP contribution in [0, 0.1) is 0 Å². The summed E-state index contributed by atoms with van der Waals surface area (Å²) in [5.41, 5.74) is 1.50. The van der Waals surface area contributed by atoms with Crippen LogP contribution in [0.2, 0.25) is 0 Å². The third-order valence-corrected chi connectivity index (χ3v) is 7.13. The summed E-state index contributed by atoms with van der Waals surface area (Å²) in [5, 5.41) is 12.1. The first-order valence-electron chi connectivity index (χ1n) is 10.3. The highest BCUT2D eigenvalue weighted by atomic mass is 32.2. The van der Waals surface area contributed by atoms with E-state index in [0.717, 1.165) is 30.0 Å². The number of benzene rings is 2. The molecule has 0 saturated carbocycles. The molecule has 6 nitrogen and oxygen atoms in total. The fraction of sp³-hybridized carbons (Fsp3) is 0.250. The fourth-order valence-electron chi connectivity index (χ4n) is 4.28. The summed E-state index contributed by atoms with van der Waals surface area (Å²) < 4.78 is 25.7. The zero-order valence-corrected chi connectivity index (χ0v) is 19.3. The number of fused-ring (bicyclic) bond motifs is 4. The van der Waals surface area contributed by atoms with Crippen LogP contribution in [0.5, 0.6) is 0 Å². The second kappa shape index (κ2) is 8.96. The molecular weight excluding hydrogens is 444 g/mol. The summed E-state index contributed by atoms with van der Waals surface area (Å²) in [5.74, 6) is -0.923. The maximum atomic E-state index is 11.9. The molecule has 5 rings (SSSR count). The van der Waals surface area contributed by atoms with E-state index in [1.165, 1.54) is 29.3 Å². The third kappa shape index (κ3) is 4.66. The Morgan fingerprint density at radius 1 is 1.16 bits per heavy atom. The van der Waals surface area contributed by atoms with Gasteiger partial charge in [0.05, 0.1) is 11.3 Å². The Hall–Kier alpha value is -2.84. The number of nitrogens with zero attached hydrogens (tertiary/aromatic N) is 2. The summed E-state index contributed by atoms with van der Waals surface area (Å²) in [6.07, 6.45) is 4.40. The van der Waals surface area contributed by atoms with Gasteiger partial charge in [-0.15, -0.1) is 12.6 Å². The molecule has 1 N–H and O–H groups in total. The lowest BCUT2D eigenvalue weighted by atomic mass is 9.93. The van der Waals surface area contributed by atoms with Gasteiger partial charge in [0.1, 0.15) is 5.65 Å². The van der Waals surface area contributed by atoms with E-state index in [-0.39, 0.29) is 17.2 Å². The van der Waals surface area contributed by atoms with Crippen molar-refractivity contribution in [3.63, 3.8) is 0 Å². The highest BCUT2D eigenvalue weighted by Crippen LogP contribution is 2.36. The van der Waals surface area contributed by atoms with Gasteiger partial charge in [0.25, 0.3) is 0 Å². The average molecular weight is 469 g/mol. The van der Waals surface area contributed by atoms with Crippen LogP contribution >= 0.6 is 12.6 Å². The van der Waals surface area contributed by atoms with E-state index >= 15 is 0 Å². The Balaban J connectivity index is 0.000000186. The molecular formula is C24H24N2O4S2. The summed E-state index contributed by atoms with van der Waals surface area (Å²) in [7, 11) is -3.34. The zero-order chi connectivity index (χ0) is 22.9. The number of aryl methyl sites for hydroxylation is 1. The van der Waals surface area contributed by atoms with E-state index in [4.69, 9.17) is 5.11 Å². The van der Waals surface area contributed by atoms with Crippen molar-refractivity contribution >= 4 is 50.2 Å². The van der Waals surface area contributed by atoms with Gasteiger partial charge in [0.2, 0.25) is 0 Å². The lowest BCUT2D eigenvalue weighted by molar-refractivity contribution is -0.137. The van der Waals surface area contributed by atoms with E-state index in [1.807, 2.05) is 22.8 Å². The molecule has 0 spiro atoms. The van der Waals surface area contributed by atoms with Crippen molar-refractivity contribution in [2.24, 2.45) is 0 Å². The Bertz CT molecular complexity index is 1410. The molecule has 2 aromatic carbocycles. The maximum absolute atomic E-state index is 11.9. The quantitative estimate of drug-likeness (QED) is 0.417. The summed E-state index contributed by atoms with van der Waals surface area (Å²) in [6, 6.07) is 17.7. The van der Waals surface area contributed by atoms with Crippen LogP contribution in [0.3, 0.4) is 0 Å². The summed E-state index contributed by atoms with van der Waals surface area (Å²) >= 11 is 4.26. The largest absolute Gasteiger partial charge is 0.481 e. The van der Waals surface area contributed by atoms with Gasteiger partial charge in [0.15, 0.2) is 9.84 Å². The highest BCUT2D eigenvalue weighted by molar-refractivity contribution is 7.91. The Morgan fingerprint density at radius 2 is 1.91 bits per heavy atom. The Labute approximate surface area is 192 Å². The van der Waals surface area contributed by atoms with Gasteiger partial charge in [-0.1, -0.05) is 30.3 Å². The molecule has 0 fully saturated rings. The smallest absolute Gasteiger partial charge is 0.304 e. The predicted molar refractivity (Wildman–Crippen MR) is 128 cm³/mol. The fourth-order valence-corrected chi connectivity index (χ4v) is 5.35. The predicted octanol–water partition coefficient (Wildman–Crippen LogP) is 4.92. The van der Waals surface area contributed by atoms with Crippen molar-refractivity contribution in [3.8, 4) is 0 Å². The van der Waals surface area contributed by atoms with Crippen LogP contribution in [-0.4, -0.2) is 35.3 Å². The van der Waals surface area contributed by atoms with Crippen molar-refractivity contribution in [2.45, 2.75) is 41.5 Å². The first-order valence-corrected chi connectivity index (χ1v) is 12.7. The number of aliphatic carboxylic acids is 1. The summed E-state index contributed by atoms with van der Waals surface area (Å²) in [6.45, 7) is 0.745. The molecule has 3 heterocycles. The van der Waals surface area contributed by atoms with Crippen molar-refractivity contribution in [3.05, 3.63) is 66.5 Å². The van der Waals surface area contributed by atoms with Crippen molar-refractivity contribution in [1.29, 1.82) is 0 Å². The molecule has 166 valence electrons. The van der Waals surface area contributed by atoms with Gasteiger partial charge in [0, 0.05) is 40.9 Å². The minimum atomic E-state index is -3.34. The molecule has 8 heteroatoms. The first-order chi connectivity index (χ1) is 15.2. The SMILES string of the molecule is CS(=O)(=O)c1ccnc2c1cc1n2CCCC1CC(=O)O.Sc1ccc2ccccc2c1. The summed E-state index contributed by atoms with van der Waals surface area (Å²) in [4.78, 5) is 16.6. The van der Waals surface area contributed by atoms with E-state index in [0.29, 0.717) is 11.0 Å². The number of rotatable bonds is 3. The van der Waals surface area contributed by atoms with Crippen LogP contribution in [0.25, 0.3) is 21.8 Å². The molecule has 2 aromatic heterocycles. The van der Waals surface area contributed by atoms with E-state index in [2.05, 4.69) is 41.9 Å². The van der Waals surface area contributed by atoms with E-state index < -0.39 is 15.8 Å². The molecule has 1 aliphatic heterocycles. The van der Waals surface area contributed by atoms with Crippen LogP contribution in [0.15, 0.2) is 70.6 Å². The molecule has 4 aromatic rings. The molecule has 0 amide bonds. The van der Waals surface area contributed by atoms with Gasteiger partial charge in [-0.25, -0.2) is 13.4 Å². The lowest BCUT2D eigenvalue weighted by Crippen LogP contribution is -2.17. The second-order valence-corrected chi connectivity index (χ2v) is 10.5. The van der Waals surface area contributed by atoms with Crippen molar-refractivity contribution in [2.75, 3.05) is 6.26 Å². The number of thiol groups is 1. The topological polar surface area (TPSA) is 89.3 Å². The standard InChI is InChI=1S/C14H16N2O4S.C10H8S/c1-21(19,20)12-4-5-15-14-10(12)8-11-9(7-13(17)18)3-2-6-16(11)14;11-10-6-5-8-3-1-2-4-9(8)7-10/h4-5,8-9H,2-3,6-7H2,1H3,(H,17,18);1-7,11H. The molecule has 0 saturated heterocycles. The van der Waals surface area contributed by atoms with Crippen LogP contribution in [-0.2, 0) is 21.2 Å². The maximum Gasteiger partial charge on any atom is 0.304 e. The molecule has 1 aliphatic rings. The number of carboxylic acid groups (broad SMARTS) is 1. The van der Waals surface area contributed by atoms with Gasteiger partial charge < -0.3 is 9.67 Å². The van der Waals surface area contributed by atoms with Crippen LogP contribution < -0.4 is 0 Å². The number of hydrogen-bond donors (Lipinski definition) is 2. The Kier molecular flexibility index (Phi) is 6.26. The molecule has 32 heavy (non-hydrogen) atoms. The van der Waals surface area contributed by atoms with Crippen molar-refractivity contribution < 1.29 is 18.3 Å². The molecule has 0 aliphatic carbocycles. The minimum absolute atomic E-state index is 0.0600. The van der Waals surface area contributed by atoms with E-state index in [9.17, 15) is 13.2 Å². The zero-order valence-electron chi connectivity index (χ0n) is 17.6. The van der Waals surface area contributed by atoms with Crippen molar-refractivity contribution in [1.82, 2.24) is 9.55 Å². The van der Waals surface area contributed by atoms with Gasteiger partial charge >= 0.3 is 5.97 Å². The number of pyridine rings is 1. The average Bonchev–Trinajstić information content (AvgIpc) is 3.13.